The summed E-state index contributed by atoms with van der Waals surface area (Å²) in [4.78, 5) is 12.8. The summed E-state index contributed by atoms with van der Waals surface area (Å²) in [5.41, 5.74) is 0. The number of hydrogen-bond acceptors (Lipinski definition) is 6. The molecule has 1 heterocycles. The first kappa shape index (κ1) is 15.9. The zero-order valence-corrected chi connectivity index (χ0v) is 12.1. The number of aromatic nitrogens is 3. The molecular formula is C11H20N4O3S. The van der Waals surface area contributed by atoms with E-state index in [2.05, 4.69) is 28.9 Å². The predicted octanol–water partition coefficient (Wildman–Crippen LogP) is 0.289. The Morgan fingerprint density at radius 3 is 2.58 bits per heavy atom. The van der Waals surface area contributed by atoms with Crippen molar-refractivity contribution >= 4 is 17.7 Å². The Labute approximate surface area is 116 Å². The quantitative estimate of drug-likeness (QED) is 0.631. The van der Waals surface area contributed by atoms with Gasteiger partial charge in [0, 0.05) is 13.1 Å². The molecule has 0 aromatic carbocycles. The number of likely N-dealkylation sites (N-methyl/N-ethyl adjacent to an activating group) is 1. The minimum absolute atomic E-state index is 0.0607. The van der Waals surface area contributed by atoms with Crippen LogP contribution in [0.5, 0.6) is 0 Å². The van der Waals surface area contributed by atoms with Gasteiger partial charge in [-0.3, -0.25) is 4.79 Å². The lowest BCUT2D eigenvalue weighted by atomic mass is 10.4. The van der Waals surface area contributed by atoms with Crippen molar-refractivity contribution in [1.82, 2.24) is 19.7 Å². The zero-order valence-electron chi connectivity index (χ0n) is 11.2. The number of hydrogen-bond donors (Lipinski definition) is 2. The van der Waals surface area contributed by atoms with Gasteiger partial charge in [0.1, 0.15) is 6.61 Å². The number of aliphatic hydroxyl groups excluding tert-OH is 1. The molecule has 0 bridgehead atoms. The highest BCUT2D eigenvalue weighted by Crippen LogP contribution is 2.17. The number of thioether (sulfide) groups is 1. The second-order valence-electron chi connectivity index (χ2n) is 3.92. The lowest BCUT2D eigenvalue weighted by Crippen LogP contribution is -2.27. The molecule has 0 radical (unpaired) electrons. The second kappa shape index (κ2) is 8.13. The minimum Gasteiger partial charge on any atom is -0.481 e. The van der Waals surface area contributed by atoms with Gasteiger partial charge < -0.3 is 19.7 Å². The summed E-state index contributed by atoms with van der Waals surface area (Å²) in [6.45, 7) is 7.34. The monoisotopic (exact) mass is 288 g/mol. The molecule has 19 heavy (non-hydrogen) atoms. The van der Waals surface area contributed by atoms with Crippen molar-refractivity contribution in [3.05, 3.63) is 5.82 Å². The van der Waals surface area contributed by atoms with Gasteiger partial charge in [0.05, 0.1) is 5.75 Å². The Hall–Kier alpha value is -1.12. The van der Waals surface area contributed by atoms with Crippen LogP contribution in [0.3, 0.4) is 0 Å². The summed E-state index contributed by atoms with van der Waals surface area (Å²) in [6.07, 6.45) is 0. The molecule has 0 aliphatic rings. The number of rotatable bonds is 9. The van der Waals surface area contributed by atoms with Gasteiger partial charge in [-0.25, -0.2) is 0 Å². The van der Waals surface area contributed by atoms with E-state index in [0.717, 1.165) is 31.4 Å². The fraction of sp³-hybridized carbons (Fsp3) is 0.727. The molecule has 0 aliphatic carbocycles. The summed E-state index contributed by atoms with van der Waals surface area (Å²) in [6, 6.07) is 0. The van der Waals surface area contributed by atoms with Gasteiger partial charge in [-0.2, -0.15) is 0 Å². The average molecular weight is 288 g/mol. The molecule has 0 atom stereocenters. The normalized spacial score (nSPS) is 11.2. The van der Waals surface area contributed by atoms with Gasteiger partial charge in [0.15, 0.2) is 11.0 Å². The van der Waals surface area contributed by atoms with Crippen LogP contribution in [0.1, 0.15) is 19.7 Å². The van der Waals surface area contributed by atoms with Crippen molar-refractivity contribution < 1.29 is 15.0 Å². The second-order valence-corrected chi connectivity index (χ2v) is 4.86. The van der Waals surface area contributed by atoms with Crippen LogP contribution in [-0.4, -0.2) is 61.2 Å². The Kier molecular flexibility index (Phi) is 6.82. The molecule has 0 saturated heterocycles. The summed E-state index contributed by atoms with van der Waals surface area (Å²) in [5.74, 6) is -0.483. The number of aliphatic carboxylic acids is 1. The molecule has 1 aromatic heterocycles. The maximum Gasteiger partial charge on any atom is 0.313 e. The maximum absolute atomic E-state index is 10.6. The third-order valence-corrected chi connectivity index (χ3v) is 3.75. The molecule has 2 N–H and O–H groups in total. The van der Waals surface area contributed by atoms with E-state index < -0.39 is 5.97 Å². The van der Waals surface area contributed by atoms with Gasteiger partial charge in [-0.1, -0.05) is 25.6 Å². The number of carbonyl (C=O) groups is 1. The van der Waals surface area contributed by atoms with Crippen molar-refractivity contribution in [1.29, 1.82) is 0 Å². The topological polar surface area (TPSA) is 91.5 Å². The van der Waals surface area contributed by atoms with Crippen LogP contribution in [0.4, 0.5) is 0 Å². The Balaban J connectivity index is 2.72. The van der Waals surface area contributed by atoms with Gasteiger partial charge >= 0.3 is 5.97 Å². The maximum atomic E-state index is 10.6. The molecule has 108 valence electrons. The predicted molar refractivity (Wildman–Crippen MR) is 72.1 cm³/mol. The van der Waals surface area contributed by atoms with Gasteiger partial charge in [-0.15, -0.1) is 10.2 Å². The van der Waals surface area contributed by atoms with Crippen LogP contribution in [0.25, 0.3) is 0 Å². The molecule has 1 rings (SSSR count). The molecule has 0 aliphatic heterocycles. The van der Waals surface area contributed by atoms with Crippen molar-refractivity contribution in [2.75, 3.05) is 25.4 Å². The SMILES string of the molecule is CCN(CC)CCn1c(CO)nnc1SCC(=O)O. The molecular weight excluding hydrogens is 268 g/mol. The first-order valence-corrected chi connectivity index (χ1v) is 7.20. The summed E-state index contributed by atoms with van der Waals surface area (Å²) < 4.78 is 1.78. The zero-order chi connectivity index (χ0) is 14.3. The van der Waals surface area contributed by atoms with E-state index in [0.29, 0.717) is 17.5 Å². The van der Waals surface area contributed by atoms with Crippen molar-refractivity contribution in [2.45, 2.75) is 32.2 Å². The molecule has 0 amide bonds. The van der Waals surface area contributed by atoms with Crippen LogP contribution in [-0.2, 0) is 17.9 Å². The Morgan fingerprint density at radius 1 is 1.37 bits per heavy atom. The molecule has 0 saturated carbocycles. The summed E-state index contributed by atoms with van der Waals surface area (Å²) in [5, 5.41) is 26.3. The van der Waals surface area contributed by atoms with Gasteiger partial charge in [0.25, 0.3) is 0 Å². The van der Waals surface area contributed by atoms with E-state index in [-0.39, 0.29) is 12.4 Å². The first-order chi connectivity index (χ1) is 9.12. The smallest absolute Gasteiger partial charge is 0.313 e. The van der Waals surface area contributed by atoms with E-state index in [1.165, 1.54) is 0 Å². The minimum atomic E-state index is -0.895. The van der Waals surface area contributed by atoms with Crippen molar-refractivity contribution in [3.63, 3.8) is 0 Å². The molecule has 0 unspecified atom stereocenters. The summed E-state index contributed by atoms with van der Waals surface area (Å²) >= 11 is 1.12. The van der Waals surface area contributed by atoms with Crippen molar-refractivity contribution in [3.8, 4) is 0 Å². The lowest BCUT2D eigenvalue weighted by molar-refractivity contribution is -0.133. The largest absolute Gasteiger partial charge is 0.481 e. The summed E-state index contributed by atoms with van der Waals surface area (Å²) in [7, 11) is 0. The Morgan fingerprint density at radius 2 is 2.05 bits per heavy atom. The Bertz CT molecular complexity index is 407. The van der Waals surface area contributed by atoms with Crippen LogP contribution in [0.2, 0.25) is 0 Å². The van der Waals surface area contributed by atoms with Crippen molar-refractivity contribution in [2.24, 2.45) is 0 Å². The van der Waals surface area contributed by atoms with E-state index in [9.17, 15) is 9.90 Å². The first-order valence-electron chi connectivity index (χ1n) is 6.22. The van der Waals surface area contributed by atoms with Crippen LogP contribution >= 0.6 is 11.8 Å². The lowest BCUT2D eigenvalue weighted by Gasteiger charge is -2.19. The van der Waals surface area contributed by atoms with E-state index in [1.54, 1.807) is 4.57 Å². The van der Waals surface area contributed by atoms with Crippen LogP contribution < -0.4 is 0 Å². The van der Waals surface area contributed by atoms with Gasteiger partial charge in [0.2, 0.25) is 0 Å². The molecule has 1 aromatic rings. The highest BCUT2D eigenvalue weighted by molar-refractivity contribution is 7.99. The number of carboxylic acid groups (broad SMARTS) is 1. The molecule has 8 heteroatoms. The number of nitrogens with zero attached hydrogens (tertiary/aromatic N) is 4. The van der Waals surface area contributed by atoms with E-state index >= 15 is 0 Å². The van der Waals surface area contributed by atoms with Gasteiger partial charge in [-0.05, 0) is 13.1 Å². The highest BCUT2D eigenvalue weighted by atomic mass is 32.2. The molecule has 0 fully saturated rings. The van der Waals surface area contributed by atoms with E-state index in [1.807, 2.05) is 0 Å². The molecule has 0 spiro atoms. The number of aliphatic hydroxyl groups is 1. The van der Waals surface area contributed by atoms with Crippen LogP contribution in [0.15, 0.2) is 5.16 Å². The highest BCUT2D eigenvalue weighted by Gasteiger charge is 2.13. The third kappa shape index (κ3) is 4.81. The standard InChI is InChI=1S/C11H20N4O3S/c1-3-14(4-2)5-6-15-9(7-16)12-13-11(15)19-8-10(17)18/h16H,3-8H2,1-2H3,(H,17,18). The third-order valence-electron chi connectivity index (χ3n) is 2.79. The average Bonchev–Trinajstić information content (AvgIpc) is 2.79. The number of carboxylic acids is 1. The van der Waals surface area contributed by atoms with E-state index in [4.69, 9.17) is 5.11 Å². The fourth-order valence-electron chi connectivity index (χ4n) is 1.67. The molecule has 7 nitrogen and oxygen atoms in total. The fourth-order valence-corrected chi connectivity index (χ4v) is 2.38. The van der Waals surface area contributed by atoms with Crippen LogP contribution in [0, 0.1) is 0 Å².